The number of nitrogens with zero attached hydrogens (tertiary/aromatic N) is 1. The molecule has 0 aromatic carbocycles. The van der Waals surface area contributed by atoms with Crippen LogP contribution in [0.4, 0.5) is 0 Å². The Labute approximate surface area is 130 Å². The second-order valence-corrected chi connectivity index (χ2v) is 6.46. The Morgan fingerprint density at radius 1 is 1.52 bits per heavy atom. The normalized spacial score (nSPS) is 16.3. The number of carbonyl (C=O) groups is 1. The summed E-state index contributed by atoms with van der Waals surface area (Å²) in [6.07, 6.45) is 2.32. The highest BCUT2D eigenvalue weighted by Gasteiger charge is 2.19. The zero-order valence-corrected chi connectivity index (χ0v) is 13.3. The Balaban J connectivity index is 1.75. The summed E-state index contributed by atoms with van der Waals surface area (Å²) in [7, 11) is 0. The zero-order valence-electron chi connectivity index (χ0n) is 12.5. The van der Waals surface area contributed by atoms with E-state index in [0.717, 1.165) is 44.6 Å². The summed E-state index contributed by atoms with van der Waals surface area (Å²) in [6.45, 7) is 6.02. The Kier molecular flexibility index (Phi) is 6.24. The summed E-state index contributed by atoms with van der Waals surface area (Å²) >= 11 is 1.77. The Bertz CT molecular complexity index is 521. The zero-order chi connectivity index (χ0) is 15.1. The first kappa shape index (κ1) is 16.0. The molecule has 114 valence electrons. The van der Waals surface area contributed by atoms with E-state index in [4.69, 9.17) is 5.73 Å². The number of nitrogens with one attached hydrogen (secondary N) is 1. The number of amides is 1. The smallest absolute Gasteiger partial charge is 0.216 e. The summed E-state index contributed by atoms with van der Waals surface area (Å²) in [5, 5.41) is 5.02. The largest absolute Gasteiger partial charge is 0.356 e. The minimum absolute atomic E-state index is 0.0714. The molecule has 1 fully saturated rings. The average molecular weight is 305 g/mol. The van der Waals surface area contributed by atoms with Crippen LogP contribution < -0.4 is 11.1 Å². The van der Waals surface area contributed by atoms with Gasteiger partial charge in [0.2, 0.25) is 5.91 Å². The summed E-state index contributed by atoms with van der Waals surface area (Å²) in [4.78, 5) is 14.8. The first-order valence-electron chi connectivity index (χ1n) is 7.40. The van der Waals surface area contributed by atoms with Gasteiger partial charge >= 0.3 is 0 Å². The molecule has 0 saturated carbocycles. The van der Waals surface area contributed by atoms with E-state index in [1.165, 1.54) is 4.88 Å². The van der Waals surface area contributed by atoms with Gasteiger partial charge in [0.15, 0.2) is 0 Å². The van der Waals surface area contributed by atoms with Gasteiger partial charge in [-0.2, -0.15) is 0 Å². The molecule has 5 heteroatoms. The van der Waals surface area contributed by atoms with Crippen LogP contribution in [0.15, 0.2) is 11.4 Å². The van der Waals surface area contributed by atoms with Crippen molar-refractivity contribution in [3.05, 3.63) is 21.9 Å². The molecule has 0 unspecified atom stereocenters. The molecule has 0 radical (unpaired) electrons. The maximum Gasteiger partial charge on any atom is 0.216 e. The van der Waals surface area contributed by atoms with Crippen molar-refractivity contribution in [3.63, 3.8) is 0 Å². The number of thiophene rings is 1. The Morgan fingerprint density at radius 2 is 2.29 bits per heavy atom. The quantitative estimate of drug-likeness (QED) is 0.827. The molecule has 2 heterocycles. The minimum Gasteiger partial charge on any atom is -0.356 e. The summed E-state index contributed by atoms with van der Waals surface area (Å²) in [6, 6.07) is 2.16. The van der Waals surface area contributed by atoms with Gasteiger partial charge in [-0.05, 0) is 37.9 Å². The Hall–Kier alpha value is -1.35. The monoisotopic (exact) mass is 305 g/mol. The van der Waals surface area contributed by atoms with Crippen LogP contribution in [0.5, 0.6) is 0 Å². The molecule has 1 aromatic rings. The van der Waals surface area contributed by atoms with E-state index in [0.29, 0.717) is 12.5 Å². The van der Waals surface area contributed by atoms with Crippen LogP contribution in [0.3, 0.4) is 0 Å². The fourth-order valence-electron chi connectivity index (χ4n) is 2.54. The number of carbonyl (C=O) groups excluding carboxylic acids is 1. The summed E-state index contributed by atoms with van der Waals surface area (Å²) < 4.78 is 0. The lowest BCUT2D eigenvalue weighted by atomic mass is 9.97. The molecule has 1 amide bonds. The maximum atomic E-state index is 10.9. The second kappa shape index (κ2) is 8.18. The third-order valence-electron chi connectivity index (χ3n) is 3.71. The van der Waals surface area contributed by atoms with Crippen LogP contribution in [0, 0.1) is 17.8 Å². The molecule has 21 heavy (non-hydrogen) atoms. The lowest BCUT2D eigenvalue weighted by molar-refractivity contribution is -0.119. The topological polar surface area (TPSA) is 58.4 Å². The molecule has 2 rings (SSSR count). The van der Waals surface area contributed by atoms with E-state index in [1.807, 2.05) is 0 Å². The Morgan fingerprint density at radius 3 is 2.95 bits per heavy atom. The fraction of sp³-hybridized carbons (Fsp3) is 0.562. The van der Waals surface area contributed by atoms with E-state index >= 15 is 0 Å². The molecular formula is C16H23N3OS. The highest BCUT2D eigenvalue weighted by Crippen LogP contribution is 2.21. The number of rotatable bonds is 4. The van der Waals surface area contributed by atoms with Crippen molar-refractivity contribution in [1.82, 2.24) is 10.2 Å². The van der Waals surface area contributed by atoms with Gasteiger partial charge in [0.1, 0.15) is 0 Å². The lowest BCUT2D eigenvalue weighted by Crippen LogP contribution is -2.37. The second-order valence-electron chi connectivity index (χ2n) is 5.46. The fourth-order valence-corrected chi connectivity index (χ4v) is 3.40. The molecule has 0 atom stereocenters. The molecule has 3 N–H and O–H groups in total. The van der Waals surface area contributed by atoms with E-state index in [2.05, 4.69) is 33.5 Å². The highest BCUT2D eigenvalue weighted by atomic mass is 32.1. The third kappa shape index (κ3) is 5.50. The lowest BCUT2D eigenvalue weighted by Gasteiger charge is -2.31. The van der Waals surface area contributed by atoms with Gasteiger partial charge in [0.25, 0.3) is 0 Å². The van der Waals surface area contributed by atoms with Crippen molar-refractivity contribution in [2.75, 3.05) is 26.2 Å². The molecule has 1 aromatic heterocycles. The molecular weight excluding hydrogens is 282 g/mol. The molecule has 0 bridgehead atoms. The van der Waals surface area contributed by atoms with Crippen molar-refractivity contribution < 1.29 is 4.79 Å². The van der Waals surface area contributed by atoms with E-state index in [9.17, 15) is 4.79 Å². The van der Waals surface area contributed by atoms with Gasteiger partial charge in [0.05, 0.1) is 6.54 Å². The van der Waals surface area contributed by atoms with Gasteiger partial charge in [-0.25, -0.2) is 0 Å². The number of likely N-dealkylation sites (tertiary alicyclic amines) is 1. The molecule has 0 aliphatic carbocycles. The molecule has 1 aliphatic heterocycles. The minimum atomic E-state index is 0.0714. The summed E-state index contributed by atoms with van der Waals surface area (Å²) in [5.41, 5.74) is 6.45. The van der Waals surface area contributed by atoms with Gasteiger partial charge < -0.3 is 11.1 Å². The van der Waals surface area contributed by atoms with Crippen LogP contribution in [-0.2, 0) is 11.3 Å². The molecule has 1 saturated heterocycles. The first-order valence-corrected chi connectivity index (χ1v) is 8.28. The SMILES string of the molecule is CC(=O)NCC1CCN(Cc2cc(C#CCN)cs2)CC1. The number of hydrogen-bond donors (Lipinski definition) is 2. The van der Waals surface area contributed by atoms with E-state index in [1.54, 1.807) is 18.3 Å². The first-order chi connectivity index (χ1) is 10.2. The van der Waals surface area contributed by atoms with E-state index < -0.39 is 0 Å². The van der Waals surface area contributed by atoms with Crippen molar-refractivity contribution in [2.24, 2.45) is 11.7 Å². The standard InChI is InChI=1S/C16H23N3OS/c1-13(20)18-10-14-4-7-19(8-5-14)11-16-9-15(12-21-16)3-2-6-17/h9,12,14H,4-8,10-11,17H2,1H3,(H,18,20). The maximum absolute atomic E-state index is 10.9. The van der Waals surface area contributed by atoms with Crippen LogP contribution in [0.2, 0.25) is 0 Å². The molecule has 4 nitrogen and oxygen atoms in total. The van der Waals surface area contributed by atoms with Crippen LogP contribution in [0.1, 0.15) is 30.2 Å². The predicted molar refractivity (Wildman–Crippen MR) is 86.9 cm³/mol. The van der Waals surface area contributed by atoms with Gasteiger partial charge in [-0.15, -0.1) is 11.3 Å². The number of nitrogens with two attached hydrogens (primary N) is 1. The third-order valence-corrected chi connectivity index (χ3v) is 4.64. The van der Waals surface area contributed by atoms with Crippen LogP contribution >= 0.6 is 11.3 Å². The van der Waals surface area contributed by atoms with E-state index in [-0.39, 0.29) is 5.91 Å². The van der Waals surface area contributed by atoms with Crippen LogP contribution in [-0.4, -0.2) is 37.0 Å². The highest BCUT2D eigenvalue weighted by molar-refractivity contribution is 7.10. The average Bonchev–Trinajstić information content (AvgIpc) is 2.92. The number of hydrogen-bond acceptors (Lipinski definition) is 4. The van der Waals surface area contributed by atoms with Crippen LogP contribution in [0.25, 0.3) is 0 Å². The number of piperidine rings is 1. The van der Waals surface area contributed by atoms with Gasteiger partial charge in [-0.1, -0.05) is 11.8 Å². The van der Waals surface area contributed by atoms with Gasteiger partial charge in [-0.3, -0.25) is 9.69 Å². The molecule has 0 spiro atoms. The van der Waals surface area contributed by atoms with Crippen molar-refractivity contribution in [1.29, 1.82) is 0 Å². The van der Waals surface area contributed by atoms with Crippen molar-refractivity contribution >= 4 is 17.2 Å². The molecule has 1 aliphatic rings. The van der Waals surface area contributed by atoms with Crippen molar-refractivity contribution in [3.8, 4) is 11.8 Å². The summed E-state index contributed by atoms with van der Waals surface area (Å²) in [5.74, 6) is 6.66. The predicted octanol–water partition coefficient (Wildman–Crippen LogP) is 1.41. The van der Waals surface area contributed by atoms with Crippen molar-refractivity contribution in [2.45, 2.75) is 26.3 Å². The van der Waals surface area contributed by atoms with Gasteiger partial charge in [0, 0.05) is 35.8 Å².